The highest BCUT2D eigenvalue weighted by Gasteiger charge is 2.05. The van der Waals surface area contributed by atoms with E-state index >= 15 is 0 Å². The zero-order valence-corrected chi connectivity index (χ0v) is 17.8. The maximum absolute atomic E-state index is 4.45. The quantitative estimate of drug-likeness (QED) is 0.452. The van der Waals surface area contributed by atoms with Gasteiger partial charge in [-0.2, -0.15) is 15.0 Å². The maximum Gasteiger partial charge on any atom is 0.228 e. The van der Waals surface area contributed by atoms with Crippen LogP contribution in [0, 0.1) is 0 Å². The van der Waals surface area contributed by atoms with E-state index in [1.54, 1.807) is 0 Å². The molecule has 1 heterocycles. The number of nitrogens with zero attached hydrogens (tertiary/aromatic N) is 5. The van der Waals surface area contributed by atoms with E-state index in [0.717, 1.165) is 65.2 Å². The van der Waals surface area contributed by atoms with Gasteiger partial charge in [0.15, 0.2) is 0 Å². The third-order valence-electron chi connectivity index (χ3n) is 4.27. The molecule has 0 aliphatic carbocycles. The van der Waals surface area contributed by atoms with Crippen molar-refractivity contribution in [2.75, 3.05) is 63.0 Å². The number of aromatic nitrogens is 3. The molecule has 25 heavy (non-hydrogen) atoms. The van der Waals surface area contributed by atoms with Gasteiger partial charge >= 0.3 is 0 Å². The number of nitrogens with one attached hydrogen (secondary N) is 2. The average Bonchev–Trinajstić information content (AvgIpc) is 2.61. The smallest absolute Gasteiger partial charge is 0.228 e. The van der Waals surface area contributed by atoms with Crippen LogP contribution in [-0.4, -0.2) is 77.1 Å². The van der Waals surface area contributed by atoms with E-state index in [2.05, 4.69) is 79.0 Å². The molecule has 0 unspecified atom stereocenters. The Morgan fingerprint density at radius 2 is 1.12 bits per heavy atom. The van der Waals surface area contributed by atoms with Crippen LogP contribution < -0.4 is 10.6 Å². The largest absolute Gasteiger partial charge is 0.354 e. The van der Waals surface area contributed by atoms with Gasteiger partial charge in [0.05, 0.1) is 0 Å². The molecular formula is C17H34BrN7. The molecule has 144 valence electrons. The minimum Gasteiger partial charge on any atom is -0.354 e. The van der Waals surface area contributed by atoms with Gasteiger partial charge in [-0.3, -0.25) is 0 Å². The fourth-order valence-electron chi connectivity index (χ4n) is 2.59. The van der Waals surface area contributed by atoms with Crippen LogP contribution in [0.15, 0.2) is 4.73 Å². The molecule has 0 aromatic carbocycles. The van der Waals surface area contributed by atoms with Crippen molar-refractivity contribution in [3.63, 3.8) is 0 Å². The van der Waals surface area contributed by atoms with Crippen molar-refractivity contribution in [2.24, 2.45) is 0 Å². The van der Waals surface area contributed by atoms with Crippen molar-refractivity contribution in [1.29, 1.82) is 0 Å². The van der Waals surface area contributed by atoms with Gasteiger partial charge in [0, 0.05) is 13.1 Å². The Morgan fingerprint density at radius 3 is 1.48 bits per heavy atom. The summed E-state index contributed by atoms with van der Waals surface area (Å²) in [7, 11) is 0. The highest BCUT2D eigenvalue weighted by molar-refractivity contribution is 9.10. The molecule has 0 amide bonds. The lowest BCUT2D eigenvalue weighted by Gasteiger charge is -2.18. The predicted octanol–water partition coefficient (Wildman–Crippen LogP) is 2.92. The summed E-state index contributed by atoms with van der Waals surface area (Å²) in [6.07, 6.45) is 2.13. The van der Waals surface area contributed by atoms with Crippen molar-refractivity contribution in [2.45, 2.75) is 40.5 Å². The van der Waals surface area contributed by atoms with Crippen molar-refractivity contribution < 1.29 is 0 Å². The van der Waals surface area contributed by atoms with Crippen molar-refractivity contribution in [3.8, 4) is 0 Å². The van der Waals surface area contributed by atoms with Crippen LogP contribution in [0.2, 0.25) is 0 Å². The first-order valence-corrected chi connectivity index (χ1v) is 10.3. The van der Waals surface area contributed by atoms with Gasteiger partial charge in [-0.1, -0.05) is 27.7 Å². The normalized spacial score (nSPS) is 11.3. The summed E-state index contributed by atoms with van der Waals surface area (Å²) >= 11 is 3.36. The third kappa shape index (κ3) is 9.32. The van der Waals surface area contributed by atoms with E-state index in [1.165, 1.54) is 0 Å². The molecule has 0 aliphatic rings. The minimum atomic E-state index is 0.556. The van der Waals surface area contributed by atoms with Gasteiger partial charge < -0.3 is 20.4 Å². The van der Waals surface area contributed by atoms with Crippen LogP contribution >= 0.6 is 15.9 Å². The molecule has 2 N–H and O–H groups in total. The van der Waals surface area contributed by atoms with Gasteiger partial charge in [-0.25, -0.2) is 0 Å². The second kappa shape index (κ2) is 13.2. The summed E-state index contributed by atoms with van der Waals surface area (Å²) in [6.45, 7) is 17.0. The zero-order valence-electron chi connectivity index (χ0n) is 16.2. The van der Waals surface area contributed by atoms with E-state index in [-0.39, 0.29) is 0 Å². The number of hydrogen-bond acceptors (Lipinski definition) is 7. The van der Waals surface area contributed by atoms with Crippen LogP contribution in [0.25, 0.3) is 0 Å². The van der Waals surface area contributed by atoms with Crippen molar-refractivity contribution >= 4 is 27.8 Å². The molecule has 1 aromatic heterocycles. The van der Waals surface area contributed by atoms with Gasteiger partial charge in [0.1, 0.15) is 0 Å². The molecule has 0 fully saturated rings. The predicted molar refractivity (Wildman–Crippen MR) is 109 cm³/mol. The van der Waals surface area contributed by atoms with E-state index in [4.69, 9.17) is 0 Å². The fraction of sp³-hybridized carbons (Fsp3) is 0.824. The lowest BCUT2D eigenvalue weighted by atomic mass is 10.3. The molecule has 0 bridgehead atoms. The third-order valence-corrected chi connectivity index (χ3v) is 4.62. The number of anilines is 2. The van der Waals surface area contributed by atoms with Crippen LogP contribution in [0.4, 0.5) is 11.9 Å². The number of halogens is 1. The first-order chi connectivity index (χ1) is 12.1. The molecule has 0 aliphatic heterocycles. The second-order valence-electron chi connectivity index (χ2n) is 5.87. The van der Waals surface area contributed by atoms with Gasteiger partial charge in [-0.05, 0) is 68.0 Å². The Kier molecular flexibility index (Phi) is 11.7. The maximum atomic E-state index is 4.45. The average molecular weight is 416 g/mol. The molecule has 1 aromatic rings. The van der Waals surface area contributed by atoms with E-state index < -0.39 is 0 Å². The number of rotatable bonds is 14. The second-order valence-corrected chi connectivity index (χ2v) is 6.58. The monoisotopic (exact) mass is 415 g/mol. The molecule has 0 spiro atoms. The summed E-state index contributed by atoms with van der Waals surface area (Å²) in [5.41, 5.74) is 0. The molecular weight excluding hydrogens is 382 g/mol. The van der Waals surface area contributed by atoms with E-state index in [9.17, 15) is 0 Å². The molecule has 0 saturated heterocycles. The van der Waals surface area contributed by atoms with Crippen LogP contribution in [0.3, 0.4) is 0 Å². The number of hydrogen-bond donors (Lipinski definition) is 2. The van der Waals surface area contributed by atoms with Crippen molar-refractivity contribution in [1.82, 2.24) is 24.8 Å². The van der Waals surface area contributed by atoms with Gasteiger partial charge in [-0.15, -0.1) is 0 Å². The van der Waals surface area contributed by atoms with Crippen molar-refractivity contribution in [3.05, 3.63) is 4.73 Å². The SMILES string of the molecule is CCN(CC)CCCNc1nc(Br)nc(NCCCN(CC)CC)n1. The Morgan fingerprint density at radius 1 is 0.720 bits per heavy atom. The topological polar surface area (TPSA) is 69.2 Å². The molecule has 0 radical (unpaired) electrons. The highest BCUT2D eigenvalue weighted by atomic mass is 79.9. The van der Waals surface area contributed by atoms with Crippen LogP contribution in [0.5, 0.6) is 0 Å². The first kappa shape index (κ1) is 22.1. The van der Waals surface area contributed by atoms with Crippen LogP contribution in [0.1, 0.15) is 40.5 Å². The first-order valence-electron chi connectivity index (χ1n) is 9.46. The molecule has 7 nitrogen and oxygen atoms in total. The molecule has 0 atom stereocenters. The van der Waals surface area contributed by atoms with E-state index in [0.29, 0.717) is 16.6 Å². The highest BCUT2D eigenvalue weighted by Crippen LogP contribution is 2.10. The summed E-state index contributed by atoms with van der Waals surface area (Å²) in [6, 6.07) is 0. The lowest BCUT2D eigenvalue weighted by Crippen LogP contribution is -2.26. The Labute approximate surface area is 161 Å². The Bertz CT molecular complexity index is 426. The lowest BCUT2D eigenvalue weighted by molar-refractivity contribution is 0.303. The molecule has 1 rings (SSSR count). The minimum absolute atomic E-state index is 0.556. The fourth-order valence-corrected chi connectivity index (χ4v) is 2.93. The standard InChI is InChI=1S/C17H34BrN7/c1-5-24(6-2)13-9-11-19-16-21-15(18)22-17(23-16)20-12-10-14-25(7-3)8-4/h5-14H2,1-4H3,(H2,19,20,21,22,23). The summed E-state index contributed by atoms with van der Waals surface area (Å²) in [5, 5.41) is 6.58. The van der Waals surface area contributed by atoms with Gasteiger partial charge in [0.25, 0.3) is 0 Å². The summed E-state index contributed by atoms with van der Waals surface area (Å²) in [4.78, 5) is 17.9. The zero-order chi connectivity index (χ0) is 18.5. The van der Waals surface area contributed by atoms with Crippen LogP contribution in [-0.2, 0) is 0 Å². The summed E-state index contributed by atoms with van der Waals surface area (Å²) in [5.74, 6) is 1.24. The molecule has 0 saturated carbocycles. The summed E-state index contributed by atoms with van der Waals surface area (Å²) < 4.78 is 0.556. The molecule has 8 heteroatoms. The van der Waals surface area contributed by atoms with Gasteiger partial charge in [0.2, 0.25) is 16.6 Å². The Hall–Kier alpha value is -0.990. The Balaban J connectivity index is 2.37. The van der Waals surface area contributed by atoms with E-state index in [1.807, 2.05) is 0 Å².